The number of fused-ring (bicyclic) bond motifs is 2. The number of likely N-dealkylation sites (N-methyl/N-ethyl adjacent to an activating group) is 1. The van der Waals surface area contributed by atoms with Crippen LogP contribution in [-0.2, 0) is 57.2 Å². The Balaban J connectivity index is 0.000000405. The Morgan fingerprint density at radius 3 is 1.85 bits per heavy atom. The number of aldehydes is 1. The van der Waals surface area contributed by atoms with Crippen molar-refractivity contribution in [3.05, 3.63) is 110 Å². The number of hydrogen-bond donors (Lipinski definition) is 6. The fourth-order valence-electron chi connectivity index (χ4n) is 9.26. The number of carbonyl (C=O) groups excluding carboxylic acids is 10. The van der Waals surface area contributed by atoms with E-state index >= 15 is 0 Å². The van der Waals surface area contributed by atoms with Crippen LogP contribution in [0.5, 0.6) is 11.5 Å². The smallest absolute Gasteiger partial charge is 0.265 e. The molecule has 0 bridgehead atoms. The van der Waals surface area contributed by atoms with Crippen LogP contribution in [0, 0.1) is 38.5 Å². The molecule has 0 spiro atoms. The fourth-order valence-corrected chi connectivity index (χ4v) is 10.5. The minimum Gasteiger partial charge on any atom is -0.493 e. The Kier molecular flexibility index (Phi) is 37.1. The van der Waals surface area contributed by atoms with Gasteiger partial charge in [-0.2, -0.15) is 0 Å². The summed E-state index contributed by atoms with van der Waals surface area (Å²) in [5.74, 6) is -1.71. The van der Waals surface area contributed by atoms with Gasteiger partial charge in [0.05, 0.1) is 96.1 Å². The minimum absolute atomic E-state index is 0.0122. The molecule has 518 valence electrons. The highest BCUT2D eigenvalue weighted by molar-refractivity contribution is 7.17. The quantitative estimate of drug-likeness (QED) is 0.0102. The second-order valence-electron chi connectivity index (χ2n) is 20.8. The number of carbonyl (C=O) groups is 10. The molecule has 3 aromatic carbocycles. The van der Waals surface area contributed by atoms with Crippen molar-refractivity contribution in [3.8, 4) is 11.5 Å². The van der Waals surface area contributed by atoms with Gasteiger partial charge in [0.2, 0.25) is 30.5 Å². The number of benzene rings is 3. The number of amides is 9. The summed E-state index contributed by atoms with van der Waals surface area (Å²) in [5.41, 5.74) is 6.52. The lowest BCUT2D eigenvalue weighted by molar-refractivity contribution is -0.131. The molecule has 4 aromatic rings. The maximum absolute atomic E-state index is 13.2. The summed E-state index contributed by atoms with van der Waals surface area (Å²) in [6.07, 6.45) is 1.46. The molecule has 95 heavy (non-hydrogen) atoms. The van der Waals surface area contributed by atoms with Gasteiger partial charge in [-0.1, -0.05) is 55.8 Å². The van der Waals surface area contributed by atoms with Crippen molar-refractivity contribution in [1.29, 1.82) is 10.8 Å². The Morgan fingerprint density at radius 2 is 1.31 bits per heavy atom. The van der Waals surface area contributed by atoms with Crippen molar-refractivity contribution in [1.82, 2.24) is 31.1 Å². The van der Waals surface area contributed by atoms with Crippen LogP contribution < -0.4 is 35.6 Å². The molecule has 28 heteroatoms. The third-order valence-electron chi connectivity index (χ3n) is 14.1. The number of aliphatic imine (C=N–C) groups is 1. The van der Waals surface area contributed by atoms with Crippen LogP contribution in [-0.4, -0.2) is 206 Å². The SMILES string of the molecule is CC.CC(=N)N1C(=N)CN=C(c2ccc(C)cc2)c2c1sc(C)c2C.CCOc1cccc2c1C(=O)N(C(C)CCC(=O)NC=O)C2=O.CNC(=O)C(CCC=O)N(C=O)C(=O)c1cccc(OCC(=O)NCCOCCOCCOCCOCCOCCNC(C)=O)c1C. The number of imide groups is 3. The summed E-state index contributed by atoms with van der Waals surface area (Å²) in [6.45, 7) is 23.6. The first-order chi connectivity index (χ1) is 45.7. The lowest BCUT2D eigenvalue weighted by atomic mass is 9.99. The van der Waals surface area contributed by atoms with Gasteiger partial charge in [-0.15, -0.1) is 11.3 Å². The van der Waals surface area contributed by atoms with Crippen molar-refractivity contribution in [2.75, 3.05) is 111 Å². The highest BCUT2D eigenvalue weighted by Crippen LogP contribution is 2.39. The summed E-state index contributed by atoms with van der Waals surface area (Å²) in [5, 5.41) is 27.0. The molecular formula is C67H92N10O17S. The Morgan fingerprint density at radius 1 is 0.726 bits per heavy atom. The van der Waals surface area contributed by atoms with Crippen molar-refractivity contribution in [2.45, 2.75) is 107 Å². The van der Waals surface area contributed by atoms with E-state index in [1.807, 2.05) is 19.2 Å². The molecule has 0 saturated carbocycles. The Bertz CT molecular complexity index is 3260. The van der Waals surface area contributed by atoms with Gasteiger partial charge in [0.1, 0.15) is 40.5 Å². The van der Waals surface area contributed by atoms with E-state index < -0.39 is 47.5 Å². The number of nitrogens with one attached hydrogen (secondary N) is 6. The normalized spacial score (nSPS) is 12.6. The molecule has 0 radical (unpaired) electrons. The predicted molar refractivity (Wildman–Crippen MR) is 359 cm³/mol. The third kappa shape index (κ3) is 25.4. The van der Waals surface area contributed by atoms with Crippen LogP contribution in [0.15, 0.2) is 65.7 Å². The van der Waals surface area contributed by atoms with E-state index in [4.69, 9.17) is 49.0 Å². The lowest BCUT2D eigenvalue weighted by Gasteiger charge is -2.25. The molecule has 0 aliphatic carbocycles. The second-order valence-corrected chi connectivity index (χ2v) is 22.0. The number of rotatable bonds is 36. The highest BCUT2D eigenvalue weighted by Gasteiger charge is 2.41. The molecule has 6 N–H and O–H groups in total. The van der Waals surface area contributed by atoms with Gasteiger partial charge < -0.3 is 53.9 Å². The molecule has 27 nitrogen and oxygen atoms in total. The van der Waals surface area contributed by atoms with Crippen LogP contribution in [0.2, 0.25) is 0 Å². The van der Waals surface area contributed by atoms with Crippen molar-refractivity contribution in [2.24, 2.45) is 4.99 Å². The molecule has 3 heterocycles. The van der Waals surface area contributed by atoms with Crippen LogP contribution in [0.25, 0.3) is 0 Å². The lowest BCUT2D eigenvalue weighted by Crippen LogP contribution is -2.48. The first-order valence-electron chi connectivity index (χ1n) is 31.2. The molecule has 0 saturated heterocycles. The number of hydrogen-bond acceptors (Lipinski definition) is 21. The summed E-state index contributed by atoms with van der Waals surface area (Å²) in [4.78, 5) is 127. The molecule has 9 amide bonds. The van der Waals surface area contributed by atoms with E-state index in [0.29, 0.717) is 120 Å². The second kappa shape index (κ2) is 43.9. The van der Waals surface area contributed by atoms with Gasteiger partial charge in [-0.05, 0) is 91.1 Å². The van der Waals surface area contributed by atoms with E-state index in [1.54, 1.807) is 68.2 Å². The fraction of sp³-hybridized carbons (Fsp3) is 0.478. The van der Waals surface area contributed by atoms with Gasteiger partial charge in [-0.3, -0.25) is 79.0 Å². The molecular weight excluding hydrogens is 1250 g/mol. The summed E-state index contributed by atoms with van der Waals surface area (Å²) in [7, 11) is 1.37. The first-order valence-corrected chi connectivity index (χ1v) is 32.1. The molecule has 1 aromatic heterocycles. The third-order valence-corrected chi connectivity index (χ3v) is 15.3. The number of amidine groups is 2. The number of nitrogens with zero attached hydrogens (tertiary/aromatic N) is 4. The van der Waals surface area contributed by atoms with Gasteiger partial charge in [0.25, 0.3) is 23.6 Å². The summed E-state index contributed by atoms with van der Waals surface area (Å²) in [6, 6.07) is 16.2. The first kappa shape index (κ1) is 80.3. The molecule has 2 unspecified atom stereocenters. The van der Waals surface area contributed by atoms with Crippen LogP contribution in [0.4, 0.5) is 5.00 Å². The molecule has 2 atom stereocenters. The van der Waals surface area contributed by atoms with Crippen LogP contribution in [0.3, 0.4) is 0 Å². The predicted octanol–water partition coefficient (Wildman–Crippen LogP) is 5.86. The Labute approximate surface area is 559 Å². The molecule has 2 aliphatic rings. The van der Waals surface area contributed by atoms with Crippen LogP contribution in [0.1, 0.15) is 131 Å². The van der Waals surface area contributed by atoms with Crippen molar-refractivity contribution < 1.29 is 81.1 Å². The van der Waals surface area contributed by atoms with Gasteiger partial charge in [0.15, 0.2) is 6.61 Å². The van der Waals surface area contributed by atoms with Crippen molar-refractivity contribution in [3.63, 3.8) is 0 Å². The average Bonchev–Trinajstić information content (AvgIpc) is 1.63. The maximum Gasteiger partial charge on any atom is 0.265 e. The van der Waals surface area contributed by atoms with Gasteiger partial charge in [-0.25, -0.2) is 0 Å². The zero-order valence-electron chi connectivity index (χ0n) is 56.2. The molecule has 0 fully saturated rings. The van der Waals surface area contributed by atoms with Crippen molar-refractivity contribution >= 4 is 94.2 Å². The number of aryl methyl sites for hydroxylation is 2. The largest absolute Gasteiger partial charge is 0.493 e. The maximum atomic E-state index is 13.2. The van der Waals surface area contributed by atoms with E-state index in [9.17, 15) is 47.9 Å². The number of ether oxygens (including phenoxy) is 7. The highest BCUT2D eigenvalue weighted by atomic mass is 32.1. The zero-order chi connectivity index (χ0) is 70.4. The van der Waals surface area contributed by atoms with Gasteiger partial charge >= 0.3 is 0 Å². The van der Waals surface area contributed by atoms with E-state index in [0.717, 1.165) is 31.6 Å². The standard InChI is InChI=1S/C31H48N4O12.C18H20N4S.C16H18N2O5.C2H6/c1-24-26(31(41)35(23-37)27(7-5-11-36)30(40)32-3)6-4-8-28(24)47-22-29(39)34-10-13-43-15-17-45-19-21-46-20-18-44-16-14-42-12-9-33-25(2)38;1-10-5-7-14(8-6-10)17-16-11(2)12(3)23-18(16)22(13(4)19)15(20)9-21-17;1-3-23-12-6-4-5-11-14(12)16(22)18(15(11)21)10(2)7-8-13(20)17-9-19;1-2/h4,6,8,11,23,27H,5,7,9-10,12-22H2,1-3H3,(H,32,40)(H,33,38)(H,34,39);5-8,19-20H,9H2,1-4H3;4-6,9-10H,3,7-8H2,1-2H3,(H,17,19,20);1-2H3. The van der Waals surface area contributed by atoms with E-state index in [1.165, 1.54) is 42.1 Å². The minimum atomic E-state index is -1.16. The van der Waals surface area contributed by atoms with Gasteiger partial charge in [0, 0.05) is 73.1 Å². The van der Waals surface area contributed by atoms with Crippen LogP contribution >= 0.6 is 11.3 Å². The molecule has 6 rings (SSSR count). The average molecular weight is 1340 g/mol. The summed E-state index contributed by atoms with van der Waals surface area (Å²) >= 11 is 1.64. The topological polar surface area (TPSA) is 353 Å². The van der Waals surface area contributed by atoms with E-state index in [2.05, 4.69) is 61.0 Å². The monoisotopic (exact) mass is 1340 g/mol. The van der Waals surface area contributed by atoms with E-state index in [-0.39, 0.29) is 74.6 Å². The number of thiophene rings is 1. The molecule has 2 aliphatic heterocycles. The Hall–Kier alpha value is -8.93. The zero-order valence-corrected chi connectivity index (χ0v) is 57.0. The number of anilines is 1. The summed E-state index contributed by atoms with van der Waals surface area (Å²) < 4.78 is 38.0.